The molecule has 0 saturated carbocycles. The summed E-state index contributed by atoms with van der Waals surface area (Å²) in [7, 11) is 0. The third-order valence-corrected chi connectivity index (χ3v) is 4.21. The average Bonchev–Trinajstić information content (AvgIpc) is 2.98. The summed E-state index contributed by atoms with van der Waals surface area (Å²) >= 11 is 1.53. The molecule has 0 aliphatic carbocycles. The van der Waals surface area contributed by atoms with Gasteiger partial charge in [0.15, 0.2) is 0 Å². The molecule has 0 radical (unpaired) electrons. The minimum absolute atomic E-state index is 0.283. The summed E-state index contributed by atoms with van der Waals surface area (Å²) < 4.78 is 39.3. The predicted octanol–water partition coefficient (Wildman–Crippen LogP) is 3.60. The summed E-state index contributed by atoms with van der Waals surface area (Å²) in [5.74, 6) is 0. The minimum Gasteiger partial charge on any atom is -0.326 e. The quantitative estimate of drug-likeness (QED) is 0.938. The molecule has 2 aromatic rings. The highest BCUT2D eigenvalue weighted by atomic mass is 32.1. The van der Waals surface area contributed by atoms with Gasteiger partial charge in [-0.3, -0.25) is 4.68 Å². The third kappa shape index (κ3) is 3.04. The Labute approximate surface area is 119 Å². The maximum absolute atomic E-state index is 12.7. The lowest BCUT2D eigenvalue weighted by molar-refractivity contribution is -0.137. The zero-order valence-corrected chi connectivity index (χ0v) is 12.0. The molecule has 110 valence electrons. The number of nitrogens with two attached hydrogens (primary N) is 1. The van der Waals surface area contributed by atoms with E-state index in [1.165, 1.54) is 16.0 Å². The number of halogens is 3. The molecule has 0 aromatic carbocycles. The Hall–Kier alpha value is -1.34. The number of hydrogen-bond donors (Lipinski definition) is 1. The van der Waals surface area contributed by atoms with Crippen LogP contribution in [0.1, 0.15) is 34.7 Å². The first kappa shape index (κ1) is 15.1. The van der Waals surface area contributed by atoms with E-state index in [2.05, 4.69) is 5.10 Å². The van der Waals surface area contributed by atoms with Crippen molar-refractivity contribution in [2.75, 3.05) is 0 Å². The Morgan fingerprint density at radius 2 is 2.10 bits per heavy atom. The third-order valence-electron chi connectivity index (χ3n) is 3.14. The summed E-state index contributed by atoms with van der Waals surface area (Å²) in [5, 5.41) is 3.86. The summed E-state index contributed by atoms with van der Waals surface area (Å²) in [6.07, 6.45) is -1.86. The van der Waals surface area contributed by atoms with Crippen LogP contribution in [0.15, 0.2) is 24.5 Å². The molecule has 2 heterocycles. The van der Waals surface area contributed by atoms with Crippen LogP contribution in [0.2, 0.25) is 0 Å². The second kappa shape index (κ2) is 5.57. The van der Waals surface area contributed by atoms with Gasteiger partial charge in [0, 0.05) is 22.0 Å². The van der Waals surface area contributed by atoms with Crippen molar-refractivity contribution >= 4 is 11.3 Å². The normalized spacial score (nSPS) is 15.3. The molecule has 2 rings (SSSR count). The van der Waals surface area contributed by atoms with E-state index in [1.807, 2.05) is 26.0 Å². The van der Waals surface area contributed by atoms with Gasteiger partial charge in [-0.1, -0.05) is 6.92 Å². The summed E-state index contributed by atoms with van der Waals surface area (Å²) in [6, 6.07) is 3.18. The van der Waals surface area contributed by atoms with Crippen molar-refractivity contribution in [3.63, 3.8) is 0 Å². The molecular weight excluding hydrogens is 287 g/mol. The van der Waals surface area contributed by atoms with Crippen molar-refractivity contribution in [1.29, 1.82) is 0 Å². The lowest BCUT2D eigenvalue weighted by atomic mass is 10.1. The highest BCUT2D eigenvalue weighted by molar-refractivity contribution is 7.12. The monoisotopic (exact) mass is 303 g/mol. The van der Waals surface area contributed by atoms with Gasteiger partial charge in [-0.05, 0) is 25.5 Å². The van der Waals surface area contributed by atoms with E-state index < -0.39 is 11.7 Å². The smallest absolute Gasteiger partial charge is 0.326 e. The number of aromatic nitrogens is 2. The molecule has 0 aliphatic heterocycles. The second-order valence-corrected chi connectivity index (χ2v) is 5.99. The van der Waals surface area contributed by atoms with Crippen molar-refractivity contribution in [3.05, 3.63) is 39.8 Å². The van der Waals surface area contributed by atoms with Crippen LogP contribution in [0.5, 0.6) is 0 Å². The Morgan fingerprint density at radius 1 is 1.40 bits per heavy atom. The highest BCUT2D eigenvalue weighted by Gasteiger charge is 2.33. The number of nitrogens with zero attached hydrogens (tertiary/aromatic N) is 2. The van der Waals surface area contributed by atoms with Gasteiger partial charge in [0.25, 0.3) is 0 Å². The van der Waals surface area contributed by atoms with Gasteiger partial charge in [0.1, 0.15) is 6.04 Å². The van der Waals surface area contributed by atoms with Crippen molar-refractivity contribution < 1.29 is 13.2 Å². The molecule has 0 saturated heterocycles. The Kier molecular flexibility index (Phi) is 4.19. The molecule has 2 aromatic heterocycles. The molecule has 2 atom stereocenters. The fourth-order valence-corrected chi connectivity index (χ4v) is 3.06. The summed E-state index contributed by atoms with van der Waals surface area (Å²) in [5.41, 5.74) is 5.32. The topological polar surface area (TPSA) is 43.8 Å². The average molecular weight is 303 g/mol. The zero-order valence-electron chi connectivity index (χ0n) is 11.2. The first-order chi connectivity index (χ1) is 9.32. The van der Waals surface area contributed by atoms with Crippen molar-refractivity contribution in [1.82, 2.24) is 9.78 Å². The van der Waals surface area contributed by atoms with Gasteiger partial charge in [-0.25, -0.2) is 0 Å². The SMILES string of the molecule is CCC(N)C(c1ccc(C)s1)n1cc(C(F)(F)F)cn1. The maximum Gasteiger partial charge on any atom is 0.419 e. The molecule has 0 fully saturated rings. The number of hydrogen-bond acceptors (Lipinski definition) is 3. The molecule has 0 aliphatic rings. The highest BCUT2D eigenvalue weighted by Crippen LogP contribution is 2.32. The molecule has 0 spiro atoms. The van der Waals surface area contributed by atoms with E-state index in [4.69, 9.17) is 5.73 Å². The van der Waals surface area contributed by atoms with Gasteiger partial charge in [0.05, 0.1) is 11.8 Å². The van der Waals surface area contributed by atoms with Crippen LogP contribution in [-0.2, 0) is 6.18 Å². The van der Waals surface area contributed by atoms with Crippen LogP contribution in [-0.4, -0.2) is 15.8 Å². The fraction of sp³-hybridized carbons (Fsp3) is 0.462. The first-order valence-electron chi connectivity index (χ1n) is 6.26. The van der Waals surface area contributed by atoms with E-state index >= 15 is 0 Å². The van der Waals surface area contributed by atoms with E-state index in [1.54, 1.807) is 0 Å². The number of thiophene rings is 1. The molecule has 7 heteroatoms. The van der Waals surface area contributed by atoms with Gasteiger partial charge < -0.3 is 5.73 Å². The van der Waals surface area contributed by atoms with Crippen LogP contribution in [0, 0.1) is 6.92 Å². The molecule has 20 heavy (non-hydrogen) atoms. The Morgan fingerprint density at radius 3 is 2.55 bits per heavy atom. The standard InChI is InChI=1S/C13H16F3N3S/c1-3-10(17)12(11-5-4-8(2)20-11)19-7-9(6-18-19)13(14,15)16/h4-7,10,12H,3,17H2,1-2H3. The van der Waals surface area contributed by atoms with Crippen molar-refractivity contribution in [2.45, 2.75) is 38.5 Å². The van der Waals surface area contributed by atoms with E-state index in [0.717, 1.165) is 22.1 Å². The van der Waals surface area contributed by atoms with E-state index in [0.29, 0.717) is 6.42 Å². The zero-order chi connectivity index (χ0) is 14.9. The largest absolute Gasteiger partial charge is 0.419 e. The molecular formula is C13H16F3N3S. The Balaban J connectivity index is 2.39. The van der Waals surface area contributed by atoms with E-state index in [9.17, 15) is 13.2 Å². The molecule has 3 nitrogen and oxygen atoms in total. The molecule has 2 unspecified atom stereocenters. The number of alkyl halides is 3. The lowest BCUT2D eigenvalue weighted by Crippen LogP contribution is -2.32. The van der Waals surface area contributed by atoms with Crippen LogP contribution >= 0.6 is 11.3 Å². The van der Waals surface area contributed by atoms with Crippen LogP contribution in [0.3, 0.4) is 0 Å². The van der Waals surface area contributed by atoms with Gasteiger partial charge in [-0.15, -0.1) is 11.3 Å². The molecule has 0 amide bonds. The van der Waals surface area contributed by atoms with Crippen molar-refractivity contribution in [2.24, 2.45) is 5.73 Å². The minimum atomic E-state index is -4.38. The predicted molar refractivity (Wildman–Crippen MR) is 72.7 cm³/mol. The number of aryl methyl sites for hydroxylation is 1. The summed E-state index contributed by atoms with van der Waals surface area (Å²) in [4.78, 5) is 2.02. The Bertz CT molecular complexity index is 573. The van der Waals surface area contributed by atoms with Crippen LogP contribution in [0.4, 0.5) is 13.2 Å². The molecule has 2 N–H and O–H groups in total. The van der Waals surface area contributed by atoms with Gasteiger partial charge >= 0.3 is 6.18 Å². The van der Waals surface area contributed by atoms with Crippen LogP contribution < -0.4 is 5.73 Å². The van der Waals surface area contributed by atoms with Gasteiger partial charge in [0.2, 0.25) is 0 Å². The fourth-order valence-electron chi connectivity index (χ4n) is 2.01. The molecule has 0 bridgehead atoms. The number of rotatable bonds is 4. The first-order valence-corrected chi connectivity index (χ1v) is 7.08. The maximum atomic E-state index is 12.7. The second-order valence-electron chi connectivity index (χ2n) is 4.67. The van der Waals surface area contributed by atoms with E-state index in [-0.39, 0.29) is 12.1 Å². The summed E-state index contributed by atoms with van der Waals surface area (Å²) in [6.45, 7) is 3.86. The lowest BCUT2D eigenvalue weighted by Gasteiger charge is -2.22. The van der Waals surface area contributed by atoms with Crippen LogP contribution in [0.25, 0.3) is 0 Å². The van der Waals surface area contributed by atoms with Crippen molar-refractivity contribution in [3.8, 4) is 0 Å². The van der Waals surface area contributed by atoms with Gasteiger partial charge in [-0.2, -0.15) is 18.3 Å².